The summed E-state index contributed by atoms with van der Waals surface area (Å²) in [4.78, 5) is 3.51. The van der Waals surface area contributed by atoms with Crippen LogP contribution in [0.4, 0.5) is 26.3 Å². The lowest BCUT2D eigenvalue weighted by molar-refractivity contribution is -0.141. The first-order valence-corrected chi connectivity index (χ1v) is 5.68. The average Bonchev–Trinajstić information content (AvgIpc) is 2.79. The Hall–Kier alpha value is -1.57. The van der Waals surface area contributed by atoms with E-state index in [1.807, 2.05) is 0 Å². The van der Waals surface area contributed by atoms with Crippen molar-refractivity contribution in [1.82, 2.24) is 4.98 Å². The first-order valence-electron chi connectivity index (χ1n) is 4.80. The molecule has 2 rings (SSSR count). The van der Waals surface area contributed by atoms with Gasteiger partial charge in [0, 0.05) is 10.9 Å². The molecule has 8 heteroatoms. The fraction of sp³-hybridized carbons (Fsp3) is 0.182. The standard InChI is InChI=1S/C11H4F6NS/c12-10(13,14)6-1-2-8(11(15,16)17)7(3-6)9-4-19-5-18-9/h1-4H. The summed E-state index contributed by atoms with van der Waals surface area (Å²) in [5, 5.41) is 1.21. The minimum atomic E-state index is -4.75. The van der Waals surface area contributed by atoms with E-state index in [2.05, 4.69) is 10.5 Å². The number of hydrogen-bond donors (Lipinski definition) is 0. The van der Waals surface area contributed by atoms with Crippen molar-refractivity contribution in [2.75, 3.05) is 0 Å². The number of halogens is 6. The Labute approximate surface area is 107 Å². The molecule has 0 saturated heterocycles. The highest BCUT2D eigenvalue weighted by molar-refractivity contribution is 7.07. The van der Waals surface area contributed by atoms with Crippen LogP contribution in [0.3, 0.4) is 0 Å². The zero-order valence-electron chi connectivity index (χ0n) is 8.93. The van der Waals surface area contributed by atoms with Crippen molar-refractivity contribution >= 4 is 11.3 Å². The van der Waals surface area contributed by atoms with E-state index >= 15 is 0 Å². The summed E-state index contributed by atoms with van der Waals surface area (Å²) in [5.74, 6) is 0. The highest BCUT2D eigenvalue weighted by atomic mass is 32.1. The third-order valence-electron chi connectivity index (χ3n) is 2.32. The second-order valence-corrected chi connectivity index (χ2v) is 4.23. The third kappa shape index (κ3) is 2.89. The molecule has 1 aromatic carbocycles. The first-order chi connectivity index (χ1) is 8.69. The van der Waals surface area contributed by atoms with E-state index in [1.54, 1.807) is 0 Å². The summed E-state index contributed by atoms with van der Waals surface area (Å²) < 4.78 is 75.9. The lowest BCUT2D eigenvalue weighted by atomic mass is 10.0. The molecule has 0 unspecified atom stereocenters. The van der Waals surface area contributed by atoms with E-state index in [0.717, 1.165) is 11.3 Å². The molecule has 1 heterocycles. The van der Waals surface area contributed by atoms with Gasteiger partial charge in [-0.05, 0) is 18.2 Å². The van der Waals surface area contributed by atoms with E-state index in [1.165, 1.54) is 5.38 Å². The summed E-state index contributed by atoms with van der Waals surface area (Å²) in [6.45, 7) is 0. The molecule has 0 saturated carbocycles. The summed E-state index contributed by atoms with van der Waals surface area (Å²) in [5.41, 5.74) is -0.769. The highest BCUT2D eigenvalue weighted by Crippen LogP contribution is 2.40. The zero-order chi connectivity index (χ0) is 14.3. The van der Waals surface area contributed by atoms with Crippen LogP contribution in [0.5, 0.6) is 0 Å². The van der Waals surface area contributed by atoms with Crippen LogP contribution in [0.2, 0.25) is 0 Å². The number of nitrogens with zero attached hydrogens (tertiary/aromatic N) is 1. The van der Waals surface area contributed by atoms with E-state index < -0.39 is 29.0 Å². The van der Waals surface area contributed by atoms with Gasteiger partial charge < -0.3 is 0 Å². The van der Waals surface area contributed by atoms with Gasteiger partial charge in [0.15, 0.2) is 5.51 Å². The molecule has 1 aromatic heterocycles. The van der Waals surface area contributed by atoms with E-state index in [4.69, 9.17) is 0 Å². The maximum absolute atomic E-state index is 12.8. The molecule has 0 amide bonds. The molecule has 0 aliphatic heterocycles. The highest BCUT2D eigenvalue weighted by Gasteiger charge is 2.37. The van der Waals surface area contributed by atoms with Crippen LogP contribution in [-0.4, -0.2) is 4.98 Å². The summed E-state index contributed by atoms with van der Waals surface area (Å²) in [6, 6.07) is 1.27. The first kappa shape index (κ1) is 13.9. The van der Waals surface area contributed by atoms with Gasteiger partial charge in [0.25, 0.3) is 0 Å². The number of alkyl halides is 6. The second-order valence-electron chi connectivity index (χ2n) is 3.58. The van der Waals surface area contributed by atoms with Gasteiger partial charge in [-0.3, -0.25) is 0 Å². The Balaban J connectivity index is 2.65. The third-order valence-corrected chi connectivity index (χ3v) is 2.86. The van der Waals surface area contributed by atoms with Crippen LogP contribution >= 0.6 is 11.3 Å². The quantitative estimate of drug-likeness (QED) is 0.698. The molecule has 19 heavy (non-hydrogen) atoms. The fourth-order valence-corrected chi connectivity index (χ4v) is 1.98. The lowest BCUT2D eigenvalue weighted by Crippen LogP contribution is -2.11. The average molecular weight is 296 g/mol. The van der Waals surface area contributed by atoms with Gasteiger partial charge in [0.05, 0.1) is 16.8 Å². The molecule has 0 N–H and O–H groups in total. The van der Waals surface area contributed by atoms with Gasteiger partial charge >= 0.3 is 12.4 Å². The Morgan fingerprint density at radius 3 is 2.16 bits per heavy atom. The molecule has 2 aromatic rings. The van der Waals surface area contributed by atoms with Crippen LogP contribution in [0.1, 0.15) is 11.1 Å². The molecule has 0 aliphatic carbocycles. The van der Waals surface area contributed by atoms with Gasteiger partial charge in [0.2, 0.25) is 0 Å². The zero-order valence-corrected chi connectivity index (χ0v) is 9.75. The van der Waals surface area contributed by atoms with Crippen molar-refractivity contribution in [2.24, 2.45) is 0 Å². The molecule has 101 valence electrons. The largest absolute Gasteiger partial charge is 0.417 e. The van der Waals surface area contributed by atoms with Crippen molar-refractivity contribution < 1.29 is 26.3 Å². The van der Waals surface area contributed by atoms with Crippen LogP contribution in [0.25, 0.3) is 11.3 Å². The molecule has 0 atom stereocenters. The van der Waals surface area contributed by atoms with Gasteiger partial charge in [-0.1, -0.05) is 0 Å². The molecule has 0 bridgehead atoms. The number of thiazole rings is 1. The van der Waals surface area contributed by atoms with E-state index in [-0.39, 0.29) is 5.69 Å². The molecule has 0 fully saturated rings. The van der Waals surface area contributed by atoms with Crippen molar-refractivity contribution in [2.45, 2.75) is 12.4 Å². The summed E-state index contributed by atoms with van der Waals surface area (Å²) in [7, 11) is 0. The maximum atomic E-state index is 12.8. The predicted octanol–water partition coefficient (Wildman–Crippen LogP) is 4.65. The number of rotatable bonds is 1. The maximum Gasteiger partial charge on any atom is 0.417 e. The second kappa shape index (κ2) is 4.52. The SMILES string of the molecule is FC(F)(F)c1ccc(C(F)(F)F)c(-c2cs[c]n2)c1. The van der Waals surface area contributed by atoms with Crippen LogP contribution in [0, 0.1) is 5.51 Å². The van der Waals surface area contributed by atoms with Crippen molar-refractivity contribution in [1.29, 1.82) is 0 Å². The van der Waals surface area contributed by atoms with E-state index in [9.17, 15) is 26.3 Å². The molecule has 0 aliphatic rings. The fourth-order valence-electron chi connectivity index (χ4n) is 1.49. The van der Waals surface area contributed by atoms with Gasteiger partial charge in [0.1, 0.15) is 0 Å². The lowest BCUT2D eigenvalue weighted by Gasteiger charge is -2.14. The topological polar surface area (TPSA) is 12.9 Å². The molecule has 1 radical (unpaired) electrons. The van der Waals surface area contributed by atoms with Gasteiger partial charge in [-0.15, -0.1) is 11.3 Å². The Morgan fingerprint density at radius 2 is 1.68 bits per heavy atom. The molecule has 0 spiro atoms. The Kier molecular flexibility index (Phi) is 3.29. The number of hydrogen-bond acceptors (Lipinski definition) is 2. The van der Waals surface area contributed by atoms with Crippen molar-refractivity contribution in [3.05, 3.63) is 40.2 Å². The normalized spacial score (nSPS) is 12.7. The van der Waals surface area contributed by atoms with Crippen molar-refractivity contribution in [3.8, 4) is 11.3 Å². The van der Waals surface area contributed by atoms with Crippen LogP contribution < -0.4 is 0 Å². The predicted molar refractivity (Wildman–Crippen MR) is 56.4 cm³/mol. The molecular formula is C11H4F6NS. The van der Waals surface area contributed by atoms with Crippen LogP contribution in [-0.2, 0) is 12.4 Å². The minimum Gasteiger partial charge on any atom is -0.233 e. The minimum absolute atomic E-state index is 0.177. The summed E-state index contributed by atoms with van der Waals surface area (Å²) in [6.07, 6.45) is -9.46. The van der Waals surface area contributed by atoms with Gasteiger partial charge in [-0.25, -0.2) is 4.98 Å². The Bertz CT molecular complexity index is 570. The van der Waals surface area contributed by atoms with Crippen LogP contribution in [0.15, 0.2) is 23.6 Å². The molecular weight excluding hydrogens is 292 g/mol. The number of benzene rings is 1. The monoisotopic (exact) mass is 296 g/mol. The molecule has 1 nitrogen and oxygen atoms in total. The van der Waals surface area contributed by atoms with E-state index in [0.29, 0.717) is 18.2 Å². The smallest absolute Gasteiger partial charge is 0.233 e. The van der Waals surface area contributed by atoms with Crippen molar-refractivity contribution in [3.63, 3.8) is 0 Å². The number of aromatic nitrogens is 1. The van der Waals surface area contributed by atoms with Gasteiger partial charge in [-0.2, -0.15) is 26.3 Å². The Morgan fingerprint density at radius 1 is 1.00 bits per heavy atom. The summed E-state index contributed by atoms with van der Waals surface area (Å²) >= 11 is 0.882.